The fourth-order valence-corrected chi connectivity index (χ4v) is 1.72. The molecule has 5 nitrogen and oxygen atoms in total. The molecular weight excluding hydrogens is 266 g/mol. The van der Waals surface area contributed by atoms with Gasteiger partial charge >= 0.3 is 6.09 Å². The van der Waals surface area contributed by atoms with E-state index in [1.807, 2.05) is 12.1 Å². The average Bonchev–Trinajstić information content (AvgIpc) is 2.25. The number of nitrogens with one attached hydrogen (secondary N) is 1. The lowest BCUT2D eigenvalue weighted by atomic mass is 10.2. The molecule has 2 aromatic rings. The van der Waals surface area contributed by atoms with Crippen molar-refractivity contribution in [1.82, 2.24) is 9.97 Å². The van der Waals surface area contributed by atoms with Crippen LogP contribution in [0.15, 0.2) is 24.3 Å². The second-order valence-electron chi connectivity index (χ2n) is 4.99. The minimum absolute atomic E-state index is 0.0739. The number of aromatic nitrogens is 2. The molecule has 0 aliphatic carbocycles. The molecule has 0 bridgehead atoms. The second kappa shape index (κ2) is 5.01. The molecule has 1 amide bonds. The van der Waals surface area contributed by atoms with Gasteiger partial charge in [-0.15, -0.1) is 0 Å². The van der Waals surface area contributed by atoms with Gasteiger partial charge in [0.05, 0.1) is 5.52 Å². The molecule has 100 valence electrons. The summed E-state index contributed by atoms with van der Waals surface area (Å²) in [7, 11) is 0. The molecule has 1 aromatic carbocycles. The standard InChI is InChI=1S/C13H14ClN3O2/c1-13(2,3)19-12(18)17-10-8-6-4-5-7-9(8)15-11(14)16-10/h4-7H,1-3H3,(H,15,16,17,18). The zero-order valence-electron chi connectivity index (χ0n) is 10.9. The molecule has 19 heavy (non-hydrogen) atoms. The topological polar surface area (TPSA) is 64.1 Å². The molecule has 0 atom stereocenters. The van der Waals surface area contributed by atoms with Crippen LogP contribution < -0.4 is 5.32 Å². The average molecular weight is 280 g/mol. The molecule has 0 aliphatic heterocycles. The van der Waals surface area contributed by atoms with E-state index in [9.17, 15) is 4.79 Å². The molecule has 1 aromatic heterocycles. The first-order valence-electron chi connectivity index (χ1n) is 5.77. The largest absolute Gasteiger partial charge is 0.444 e. The van der Waals surface area contributed by atoms with Gasteiger partial charge in [-0.3, -0.25) is 5.32 Å². The molecule has 6 heteroatoms. The van der Waals surface area contributed by atoms with Gasteiger partial charge in [0.2, 0.25) is 5.28 Å². The quantitative estimate of drug-likeness (QED) is 0.810. The summed E-state index contributed by atoms with van der Waals surface area (Å²) >= 11 is 5.83. The fraction of sp³-hybridized carbons (Fsp3) is 0.308. The number of carbonyl (C=O) groups is 1. The van der Waals surface area contributed by atoms with Crippen molar-refractivity contribution in [3.05, 3.63) is 29.5 Å². The SMILES string of the molecule is CC(C)(C)OC(=O)Nc1nc(Cl)nc2ccccc12. The number of carbonyl (C=O) groups excluding carboxylic acids is 1. The first kappa shape index (κ1) is 13.5. The van der Waals surface area contributed by atoms with Gasteiger partial charge in [-0.05, 0) is 44.5 Å². The Morgan fingerprint density at radius 1 is 1.26 bits per heavy atom. The zero-order valence-corrected chi connectivity index (χ0v) is 11.7. The molecule has 0 saturated carbocycles. The van der Waals surface area contributed by atoms with Gasteiger partial charge < -0.3 is 4.74 Å². The van der Waals surface area contributed by atoms with Gasteiger partial charge in [0, 0.05) is 5.39 Å². The van der Waals surface area contributed by atoms with Crippen LogP contribution in [-0.2, 0) is 4.74 Å². The van der Waals surface area contributed by atoms with Gasteiger partial charge in [-0.25, -0.2) is 9.78 Å². The predicted molar refractivity (Wildman–Crippen MR) is 74.4 cm³/mol. The Morgan fingerprint density at radius 2 is 1.95 bits per heavy atom. The third-order valence-corrected chi connectivity index (χ3v) is 2.36. The van der Waals surface area contributed by atoms with E-state index in [1.54, 1.807) is 32.9 Å². The molecule has 1 N–H and O–H groups in total. The van der Waals surface area contributed by atoms with Crippen LogP contribution in [0.4, 0.5) is 10.6 Å². The van der Waals surface area contributed by atoms with Gasteiger partial charge in [0.15, 0.2) is 0 Å². The summed E-state index contributed by atoms with van der Waals surface area (Å²) < 4.78 is 5.18. The number of nitrogens with zero attached hydrogens (tertiary/aromatic N) is 2. The fourth-order valence-electron chi connectivity index (χ4n) is 1.54. The highest BCUT2D eigenvalue weighted by atomic mass is 35.5. The molecular formula is C13H14ClN3O2. The Kier molecular flexibility index (Phi) is 3.57. The van der Waals surface area contributed by atoms with Crippen LogP contribution in [0.2, 0.25) is 5.28 Å². The van der Waals surface area contributed by atoms with Crippen molar-refractivity contribution >= 4 is 34.4 Å². The molecule has 2 rings (SSSR count). The first-order valence-corrected chi connectivity index (χ1v) is 6.15. The number of hydrogen-bond donors (Lipinski definition) is 1. The van der Waals surface area contributed by atoms with Crippen molar-refractivity contribution in [2.45, 2.75) is 26.4 Å². The third-order valence-electron chi connectivity index (χ3n) is 2.20. The normalized spacial score (nSPS) is 11.4. The lowest BCUT2D eigenvalue weighted by molar-refractivity contribution is 0.0635. The number of para-hydroxylation sites is 1. The maximum absolute atomic E-state index is 11.7. The summed E-state index contributed by atoms with van der Waals surface area (Å²) in [5.74, 6) is 0.338. The monoisotopic (exact) mass is 279 g/mol. The van der Waals surface area contributed by atoms with Crippen LogP contribution in [0.1, 0.15) is 20.8 Å². The minimum atomic E-state index is -0.576. The van der Waals surface area contributed by atoms with Crippen molar-refractivity contribution in [3.63, 3.8) is 0 Å². The summed E-state index contributed by atoms with van der Waals surface area (Å²) in [6.45, 7) is 5.37. The highest BCUT2D eigenvalue weighted by Gasteiger charge is 2.17. The molecule has 0 fully saturated rings. The minimum Gasteiger partial charge on any atom is -0.444 e. The van der Waals surface area contributed by atoms with Crippen molar-refractivity contribution in [1.29, 1.82) is 0 Å². The summed E-state index contributed by atoms with van der Waals surface area (Å²) in [4.78, 5) is 19.8. The van der Waals surface area contributed by atoms with Crippen LogP contribution in [0.25, 0.3) is 10.9 Å². The number of rotatable bonds is 1. The maximum Gasteiger partial charge on any atom is 0.413 e. The van der Waals surface area contributed by atoms with E-state index < -0.39 is 11.7 Å². The van der Waals surface area contributed by atoms with E-state index in [0.29, 0.717) is 16.7 Å². The Bertz CT molecular complexity index is 623. The number of fused-ring (bicyclic) bond motifs is 1. The molecule has 0 unspecified atom stereocenters. The van der Waals surface area contributed by atoms with Crippen LogP contribution in [0.5, 0.6) is 0 Å². The summed E-state index contributed by atoms with van der Waals surface area (Å²) in [5, 5.41) is 3.37. The summed E-state index contributed by atoms with van der Waals surface area (Å²) in [5.41, 5.74) is 0.0880. The summed E-state index contributed by atoms with van der Waals surface area (Å²) in [6, 6.07) is 7.27. The first-order chi connectivity index (χ1) is 8.85. The lowest BCUT2D eigenvalue weighted by Gasteiger charge is -2.19. The number of amides is 1. The predicted octanol–water partition coefficient (Wildman–Crippen LogP) is 3.63. The van der Waals surface area contributed by atoms with Gasteiger partial charge in [-0.2, -0.15) is 4.98 Å². The van der Waals surface area contributed by atoms with Crippen LogP contribution in [0, 0.1) is 0 Å². The van der Waals surface area contributed by atoms with E-state index in [-0.39, 0.29) is 5.28 Å². The van der Waals surface area contributed by atoms with Crippen LogP contribution in [-0.4, -0.2) is 21.7 Å². The Hall–Kier alpha value is -1.88. The number of anilines is 1. The van der Waals surface area contributed by atoms with Crippen molar-refractivity contribution in [3.8, 4) is 0 Å². The molecule has 1 heterocycles. The van der Waals surface area contributed by atoms with E-state index in [2.05, 4.69) is 15.3 Å². The van der Waals surface area contributed by atoms with Crippen molar-refractivity contribution in [2.24, 2.45) is 0 Å². The highest BCUT2D eigenvalue weighted by molar-refractivity contribution is 6.29. The van der Waals surface area contributed by atoms with Crippen molar-refractivity contribution < 1.29 is 9.53 Å². The molecule has 0 spiro atoms. The lowest BCUT2D eigenvalue weighted by Crippen LogP contribution is -2.27. The van der Waals surface area contributed by atoms with Gasteiger partial charge in [0.25, 0.3) is 0 Å². The van der Waals surface area contributed by atoms with E-state index in [1.165, 1.54) is 0 Å². The van der Waals surface area contributed by atoms with Crippen LogP contribution in [0.3, 0.4) is 0 Å². The van der Waals surface area contributed by atoms with Gasteiger partial charge in [-0.1, -0.05) is 12.1 Å². The number of benzene rings is 1. The smallest absolute Gasteiger partial charge is 0.413 e. The summed E-state index contributed by atoms with van der Waals surface area (Å²) in [6.07, 6.45) is -0.576. The van der Waals surface area contributed by atoms with Crippen molar-refractivity contribution in [2.75, 3.05) is 5.32 Å². The molecule has 0 saturated heterocycles. The Balaban J connectivity index is 2.32. The second-order valence-corrected chi connectivity index (χ2v) is 5.32. The number of halogens is 1. The van der Waals surface area contributed by atoms with Gasteiger partial charge in [0.1, 0.15) is 11.4 Å². The van der Waals surface area contributed by atoms with Crippen LogP contribution >= 0.6 is 11.6 Å². The third kappa shape index (κ3) is 3.54. The van der Waals surface area contributed by atoms with E-state index in [0.717, 1.165) is 0 Å². The maximum atomic E-state index is 11.7. The zero-order chi connectivity index (χ0) is 14.0. The highest BCUT2D eigenvalue weighted by Crippen LogP contribution is 2.22. The molecule has 0 radical (unpaired) electrons. The van der Waals surface area contributed by atoms with E-state index >= 15 is 0 Å². The Labute approximate surface area is 116 Å². The number of hydrogen-bond acceptors (Lipinski definition) is 4. The number of ether oxygens (including phenoxy) is 1. The van der Waals surface area contributed by atoms with E-state index in [4.69, 9.17) is 16.3 Å². The molecule has 0 aliphatic rings. The Morgan fingerprint density at radius 3 is 2.63 bits per heavy atom.